The predicted molar refractivity (Wildman–Crippen MR) is 115 cm³/mol. The summed E-state index contributed by atoms with van der Waals surface area (Å²) in [7, 11) is 0. The zero-order chi connectivity index (χ0) is 20.5. The highest BCUT2D eigenvalue weighted by Gasteiger charge is 2.07. The summed E-state index contributed by atoms with van der Waals surface area (Å²) >= 11 is 0. The highest BCUT2D eigenvalue weighted by molar-refractivity contribution is 5.94. The molecule has 3 aromatic carbocycles. The normalized spacial score (nSPS) is 10.7. The van der Waals surface area contributed by atoms with Gasteiger partial charge in [0.1, 0.15) is 6.61 Å². The van der Waals surface area contributed by atoms with E-state index in [1.807, 2.05) is 55.5 Å². The molecule has 3 aromatic rings. The number of carbonyl (C=O) groups is 1. The molecular weight excluding hydrogens is 364 g/mol. The van der Waals surface area contributed by atoms with Crippen LogP contribution in [0.3, 0.4) is 0 Å². The highest BCUT2D eigenvalue weighted by atomic mass is 16.5. The van der Waals surface area contributed by atoms with Crippen LogP contribution in [0.15, 0.2) is 77.9 Å². The Balaban J connectivity index is 1.65. The Morgan fingerprint density at radius 1 is 0.966 bits per heavy atom. The number of nitrogens with zero attached hydrogens (tertiary/aromatic N) is 1. The molecule has 0 unspecified atom stereocenters. The van der Waals surface area contributed by atoms with E-state index in [1.165, 1.54) is 5.56 Å². The van der Waals surface area contributed by atoms with Gasteiger partial charge in [0.2, 0.25) is 0 Å². The van der Waals surface area contributed by atoms with Crippen LogP contribution in [-0.4, -0.2) is 18.7 Å². The molecule has 0 atom stereocenters. The Morgan fingerprint density at radius 2 is 1.72 bits per heavy atom. The lowest BCUT2D eigenvalue weighted by Gasteiger charge is -2.12. The third kappa shape index (κ3) is 5.94. The number of ether oxygens (including phenoxy) is 2. The monoisotopic (exact) mass is 388 g/mol. The molecule has 0 aliphatic rings. The first-order valence-electron chi connectivity index (χ1n) is 9.49. The molecule has 3 rings (SSSR count). The summed E-state index contributed by atoms with van der Waals surface area (Å²) in [4.78, 5) is 12.0. The zero-order valence-electron chi connectivity index (χ0n) is 16.6. The number of rotatable bonds is 8. The molecular formula is C24H24N2O3. The summed E-state index contributed by atoms with van der Waals surface area (Å²) in [5.74, 6) is 1.04. The average Bonchev–Trinajstić information content (AvgIpc) is 2.75. The van der Waals surface area contributed by atoms with E-state index >= 15 is 0 Å². The van der Waals surface area contributed by atoms with E-state index in [1.54, 1.807) is 18.3 Å². The maximum absolute atomic E-state index is 12.0. The van der Waals surface area contributed by atoms with Crippen LogP contribution in [0.25, 0.3) is 0 Å². The van der Waals surface area contributed by atoms with E-state index in [-0.39, 0.29) is 5.91 Å². The first-order valence-corrected chi connectivity index (χ1v) is 9.49. The van der Waals surface area contributed by atoms with E-state index in [0.717, 1.165) is 11.1 Å². The smallest absolute Gasteiger partial charge is 0.271 e. The van der Waals surface area contributed by atoms with Gasteiger partial charge in [0, 0.05) is 5.56 Å². The van der Waals surface area contributed by atoms with E-state index in [9.17, 15) is 4.79 Å². The SMILES string of the molecule is CCOc1cc(/C=N/NC(=O)c2ccccc2)ccc1OCc1ccc(C)cc1. The molecule has 0 heterocycles. The van der Waals surface area contributed by atoms with Gasteiger partial charge in [-0.1, -0.05) is 48.0 Å². The molecule has 0 aliphatic heterocycles. The molecule has 0 saturated carbocycles. The Labute approximate surface area is 171 Å². The van der Waals surface area contributed by atoms with Crippen LogP contribution in [-0.2, 0) is 6.61 Å². The summed E-state index contributed by atoms with van der Waals surface area (Å²) in [5, 5.41) is 4.03. The molecule has 5 nitrogen and oxygen atoms in total. The predicted octanol–water partition coefficient (Wildman–Crippen LogP) is 4.74. The van der Waals surface area contributed by atoms with Gasteiger partial charge in [-0.05, 0) is 55.3 Å². The van der Waals surface area contributed by atoms with E-state index in [2.05, 4.69) is 29.6 Å². The lowest BCUT2D eigenvalue weighted by Crippen LogP contribution is -2.17. The lowest BCUT2D eigenvalue weighted by molar-refractivity contribution is 0.0955. The van der Waals surface area contributed by atoms with Gasteiger partial charge < -0.3 is 9.47 Å². The minimum absolute atomic E-state index is 0.259. The number of hydrogen-bond acceptors (Lipinski definition) is 4. The summed E-state index contributed by atoms with van der Waals surface area (Å²) in [6, 6.07) is 22.7. The number of hydrazone groups is 1. The highest BCUT2D eigenvalue weighted by Crippen LogP contribution is 2.29. The second-order valence-corrected chi connectivity index (χ2v) is 6.48. The minimum atomic E-state index is -0.259. The van der Waals surface area contributed by atoms with Crippen molar-refractivity contribution in [1.29, 1.82) is 0 Å². The number of nitrogens with one attached hydrogen (secondary N) is 1. The van der Waals surface area contributed by atoms with Crippen molar-refractivity contribution in [2.75, 3.05) is 6.61 Å². The largest absolute Gasteiger partial charge is 0.490 e. The summed E-state index contributed by atoms with van der Waals surface area (Å²) in [6.45, 7) is 4.96. The van der Waals surface area contributed by atoms with Gasteiger partial charge in [-0.25, -0.2) is 5.43 Å². The molecule has 0 aromatic heterocycles. The van der Waals surface area contributed by atoms with Gasteiger partial charge in [0.25, 0.3) is 5.91 Å². The zero-order valence-corrected chi connectivity index (χ0v) is 16.6. The van der Waals surface area contributed by atoms with Gasteiger partial charge in [0.05, 0.1) is 12.8 Å². The van der Waals surface area contributed by atoms with Crippen LogP contribution in [0.5, 0.6) is 11.5 Å². The average molecular weight is 388 g/mol. The van der Waals surface area contributed by atoms with Crippen molar-refractivity contribution in [2.45, 2.75) is 20.5 Å². The summed E-state index contributed by atoms with van der Waals surface area (Å²) < 4.78 is 11.6. The molecule has 1 N–H and O–H groups in total. The Morgan fingerprint density at radius 3 is 2.45 bits per heavy atom. The maximum atomic E-state index is 12.0. The van der Waals surface area contributed by atoms with Crippen LogP contribution in [0.1, 0.15) is 34.0 Å². The van der Waals surface area contributed by atoms with Crippen molar-refractivity contribution >= 4 is 12.1 Å². The number of benzene rings is 3. The minimum Gasteiger partial charge on any atom is -0.490 e. The molecule has 0 bridgehead atoms. The number of aryl methyl sites for hydroxylation is 1. The maximum Gasteiger partial charge on any atom is 0.271 e. The quantitative estimate of drug-likeness (QED) is 0.448. The fourth-order valence-corrected chi connectivity index (χ4v) is 2.66. The van der Waals surface area contributed by atoms with E-state index in [0.29, 0.717) is 30.3 Å². The van der Waals surface area contributed by atoms with Crippen molar-refractivity contribution in [2.24, 2.45) is 5.10 Å². The van der Waals surface area contributed by atoms with Crippen molar-refractivity contribution in [3.63, 3.8) is 0 Å². The molecule has 5 heteroatoms. The van der Waals surface area contributed by atoms with Crippen LogP contribution in [0.4, 0.5) is 0 Å². The van der Waals surface area contributed by atoms with Gasteiger partial charge in [-0.15, -0.1) is 0 Å². The molecule has 0 spiro atoms. The molecule has 29 heavy (non-hydrogen) atoms. The molecule has 0 aliphatic carbocycles. The fraction of sp³-hybridized carbons (Fsp3) is 0.167. The van der Waals surface area contributed by atoms with Gasteiger partial charge in [-0.2, -0.15) is 5.10 Å². The van der Waals surface area contributed by atoms with Crippen molar-refractivity contribution in [3.05, 3.63) is 95.1 Å². The second kappa shape index (κ2) is 10.1. The topological polar surface area (TPSA) is 59.9 Å². The molecule has 1 amide bonds. The molecule has 0 fully saturated rings. The first-order chi connectivity index (χ1) is 14.2. The third-order valence-electron chi connectivity index (χ3n) is 4.20. The molecule has 0 radical (unpaired) electrons. The van der Waals surface area contributed by atoms with Crippen molar-refractivity contribution < 1.29 is 14.3 Å². The van der Waals surface area contributed by atoms with Crippen LogP contribution in [0.2, 0.25) is 0 Å². The number of carbonyl (C=O) groups excluding carboxylic acids is 1. The Bertz CT molecular complexity index is 967. The van der Waals surface area contributed by atoms with Crippen molar-refractivity contribution in [1.82, 2.24) is 5.43 Å². The summed E-state index contributed by atoms with van der Waals surface area (Å²) in [5.41, 5.74) is 6.18. The van der Waals surface area contributed by atoms with Crippen LogP contribution < -0.4 is 14.9 Å². The van der Waals surface area contributed by atoms with Gasteiger partial charge >= 0.3 is 0 Å². The van der Waals surface area contributed by atoms with E-state index < -0.39 is 0 Å². The third-order valence-corrected chi connectivity index (χ3v) is 4.20. The standard InChI is InChI=1S/C24H24N2O3/c1-3-28-23-15-20(16-25-26-24(27)21-7-5-4-6-8-21)13-14-22(23)29-17-19-11-9-18(2)10-12-19/h4-16H,3,17H2,1-2H3,(H,26,27)/b25-16+. The van der Waals surface area contributed by atoms with Gasteiger partial charge in [0.15, 0.2) is 11.5 Å². The lowest BCUT2D eigenvalue weighted by atomic mass is 10.2. The van der Waals surface area contributed by atoms with Crippen molar-refractivity contribution in [3.8, 4) is 11.5 Å². The second-order valence-electron chi connectivity index (χ2n) is 6.48. The van der Waals surface area contributed by atoms with Gasteiger partial charge in [-0.3, -0.25) is 4.79 Å². The number of amides is 1. The summed E-state index contributed by atoms with van der Waals surface area (Å²) in [6.07, 6.45) is 1.58. The molecule has 0 saturated heterocycles. The Hall–Kier alpha value is -3.60. The first kappa shape index (κ1) is 20.1. The van der Waals surface area contributed by atoms with Crippen LogP contribution >= 0.6 is 0 Å². The number of hydrogen-bond donors (Lipinski definition) is 1. The van der Waals surface area contributed by atoms with Crippen LogP contribution in [0, 0.1) is 6.92 Å². The Kier molecular flexibility index (Phi) is 7.00. The van der Waals surface area contributed by atoms with E-state index in [4.69, 9.17) is 9.47 Å². The fourth-order valence-electron chi connectivity index (χ4n) is 2.66. The molecule has 148 valence electrons.